The number of benzene rings is 1. The van der Waals surface area contributed by atoms with Gasteiger partial charge in [-0.2, -0.15) is 0 Å². The SMILES string of the molecule is O=C(NCC1(c2ccccc2)CCCC1)C(=O)NC1CCCCC1. The third-order valence-electron chi connectivity index (χ3n) is 5.68. The summed E-state index contributed by atoms with van der Waals surface area (Å²) in [6.07, 6.45) is 10.0. The third kappa shape index (κ3) is 3.97. The van der Waals surface area contributed by atoms with Crippen LogP contribution in [0.25, 0.3) is 0 Å². The summed E-state index contributed by atoms with van der Waals surface area (Å²) in [6.45, 7) is 0.550. The molecule has 0 unspecified atom stereocenters. The Kier molecular flexibility index (Phi) is 5.54. The Balaban J connectivity index is 1.56. The molecule has 2 aliphatic carbocycles. The monoisotopic (exact) mass is 328 g/mol. The molecule has 2 saturated carbocycles. The lowest BCUT2D eigenvalue weighted by Gasteiger charge is -2.30. The topological polar surface area (TPSA) is 58.2 Å². The summed E-state index contributed by atoms with van der Waals surface area (Å²) in [5.41, 5.74) is 1.26. The Morgan fingerprint density at radius 2 is 1.58 bits per heavy atom. The maximum Gasteiger partial charge on any atom is 0.309 e. The number of hydrogen-bond acceptors (Lipinski definition) is 2. The van der Waals surface area contributed by atoms with Gasteiger partial charge in [0.15, 0.2) is 0 Å². The van der Waals surface area contributed by atoms with Crippen molar-refractivity contribution in [3.8, 4) is 0 Å². The summed E-state index contributed by atoms with van der Waals surface area (Å²) < 4.78 is 0. The van der Waals surface area contributed by atoms with Gasteiger partial charge in [-0.05, 0) is 31.2 Å². The average Bonchev–Trinajstić information content (AvgIpc) is 3.11. The van der Waals surface area contributed by atoms with E-state index < -0.39 is 11.8 Å². The average molecular weight is 328 g/mol. The van der Waals surface area contributed by atoms with Gasteiger partial charge in [-0.25, -0.2) is 0 Å². The zero-order chi connectivity index (χ0) is 16.8. The van der Waals surface area contributed by atoms with Crippen LogP contribution in [0.1, 0.15) is 63.4 Å². The third-order valence-corrected chi connectivity index (χ3v) is 5.68. The minimum absolute atomic E-state index is 0.0119. The Morgan fingerprint density at radius 3 is 2.25 bits per heavy atom. The van der Waals surface area contributed by atoms with E-state index in [-0.39, 0.29) is 11.5 Å². The minimum Gasteiger partial charge on any atom is -0.347 e. The standard InChI is InChI=1S/C20H28N2O2/c23-18(19(24)22-17-11-5-2-6-12-17)21-15-20(13-7-8-14-20)16-9-3-1-4-10-16/h1,3-4,9-10,17H,2,5-8,11-15H2,(H,21,23)(H,22,24). The summed E-state index contributed by atoms with van der Waals surface area (Å²) in [4.78, 5) is 24.4. The lowest BCUT2D eigenvalue weighted by atomic mass is 9.79. The Hall–Kier alpha value is -1.84. The van der Waals surface area contributed by atoms with E-state index >= 15 is 0 Å². The molecular weight excluding hydrogens is 300 g/mol. The van der Waals surface area contributed by atoms with Crippen LogP contribution in [0.2, 0.25) is 0 Å². The van der Waals surface area contributed by atoms with Crippen LogP contribution in [-0.2, 0) is 15.0 Å². The lowest BCUT2D eigenvalue weighted by molar-refractivity contribution is -0.139. The van der Waals surface area contributed by atoms with Crippen LogP contribution in [0.4, 0.5) is 0 Å². The number of amides is 2. The van der Waals surface area contributed by atoms with E-state index in [9.17, 15) is 9.59 Å². The summed E-state index contributed by atoms with van der Waals surface area (Å²) in [5.74, 6) is -0.953. The highest BCUT2D eigenvalue weighted by atomic mass is 16.2. The number of nitrogens with one attached hydrogen (secondary N) is 2. The van der Waals surface area contributed by atoms with E-state index in [1.807, 2.05) is 18.2 Å². The van der Waals surface area contributed by atoms with Crippen LogP contribution in [0.5, 0.6) is 0 Å². The molecule has 130 valence electrons. The molecular formula is C20H28N2O2. The molecule has 3 rings (SSSR count). The Bertz CT molecular complexity index is 558. The van der Waals surface area contributed by atoms with E-state index in [0.717, 1.165) is 38.5 Å². The summed E-state index contributed by atoms with van der Waals surface area (Å²) in [6, 6.07) is 10.6. The highest BCUT2D eigenvalue weighted by Gasteiger charge is 2.36. The van der Waals surface area contributed by atoms with Gasteiger partial charge in [-0.15, -0.1) is 0 Å². The van der Waals surface area contributed by atoms with E-state index in [0.29, 0.717) is 6.54 Å². The van der Waals surface area contributed by atoms with Crippen LogP contribution in [0.3, 0.4) is 0 Å². The van der Waals surface area contributed by atoms with E-state index in [2.05, 4.69) is 22.8 Å². The molecule has 1 aromatic carbocycles. The molecule has 0 bridgehead atoms. The predicted molar refractivity (Wildman–Crippen MR) is 94.6 cm³/mol. The van der Waals surface area contributed by atoms with Crippen LogP contribution >= 0.6 is 0 Å². The van der Waals surface area contributed by atoms with Crippen LogP contribution in [0, 0.1) is 0 Å². The van der Waals surface area contributed by atoms with Gasteiger partial charge in [-0.1, -0.05) is 62.4 Å². The van der Waals surface area contributed by atoms with Crippen molar-refractivity contribution in [1.82, 2.24) is 10.6 Å². The van der Waals surface area contributed by atoms with Crippen molar-refractivity contribution in [2.45, 2.75) is 69.2 Å². The molecule has 2 amide bonds. The molecule has 0 atom stereocenters. The van der Waals surface area contributed by atoms with Gasteiger partial charge in [0.05, 0.1) is 0 Å². The first-order chi connectivity index (χ1) is 11.7. The molecule has 24 heavy (non-hydrogen) atoms. The van der Waals surface area contributed by atoms with Crippen molar-refractivity contribution in [2.75, 3.05) is 6.54 Å². The number of carbonyl (C=O) groups excluding carboxylic acids is 2. The van der Waals surface area contributed by atoms with Gasteiger partial charge in [0.25, 0.3) is 0 Å². The second-order valence-electron chi connectivity index (χ2n) is 7.34. The van der Waals surface area contributed by atoms with Gasteiger partial charge < -0.3 is 10.6 Å². The highest BCUT2D eigenvalue weighted by Crippen LogP contribution is 2.40. The van der Waals surface area contributed by atoms with Crippen molar-refractivity contribution in [3.05, 3.63) is 35.9 Å². The molecule has 2 aliphatic rings. The molecule has 2 N–H and O–H groups in total. The van der Waals surface area contributed by atoms with Gasteiger partial charge in [0.1, 0.15) is 0 Å². The van der Waals surface area contributed by atoms with E-state index in [1.54, 1.807) is 0 Å². The molecule has 0 radical (unpaired) electrons. The molecule has 0 heterocycles. The van der Waals surface area contributed by atoms with Crippen molar-refractivity contribution in [2.24, 2.45) is 0 Å². The highest BCUT2D eigenvalue weighted by molar-refractivity contribution is 6.35. The molecule has 0 aromatic heterocycles. The van der Waals surface area contributed by atoms with Crippen molar-refractivity contribution < 1.29 is 9.59 Å². The fourth-order valence-electron chi connectivity index (χ4n) is 4.24. The van der Waals surface area contributed by atoms with Crippen LogP contribution < -0.4 is 10.6 Å². The van der Waals surface area contributed by atoms with E-state index in [4.69, 9.17) is 0 Å². The van der Waals surface area contributed by atoms with Crippen LogP contribution in [-0.4, -0.2) is 24.4 Å². The largest absolute Gasteiger partial charge is 0.347 e. The quantitative estimate of drug-likeness (QED) is 0.835. The van der Waals surface area contributed by atoms with Crippen molar-refractivity contribution in [3.63, 3.8) is 0 Å². The van der Waals surface area contributed by atoms with Crippen LogP contribution in [0.15, 0.2) is 30.3 Å². The molecule has 4 nitrogen and oxygen atoms in total. The fraction of sp³-hybridized carbons (Fsp3) is 0.600. The van der Waals surface area contributed by atoms with Crippen molar-refractivity contribution >= 4 is 11.8 Å². The number of hydrogen-bond donors (Lipinski definition) is 2. The number of rotatable bonds is 4. The molecule has 1 aromatic rings. The second-order valence-corrected chi connectivity index (χ2v) is 7.34. The fourth-order valence-corrected chi connectivity index (χ4v) is 4.24. The van der Waals surface area contributed by atoms with Gasteiger partial charge in [-0.3, -0.25) is 9.59 Å². The molecule has 0 saturated heterocycles. The smallest absolute Gasteiger partial charge is 0.309 e. The first-order valence-electron chi connectivity index (χ1n) is 9.34. The number of carbonyl (C=O) groups is 2. The minimum atomic E-state index is -0.484. The lowest BCUT2D eigenvalue weighted by Crippen LogP contribution is -2.48. The van der Waals surface area contributed by atoms with Gasteiger partial charge >= 0.3 is 11.8 Å². The molecule has 2 fully saturated rings. The van der Waals surface area contributed by atoms with Gasteiger partial charge in [0.2, 0.25) is 0 Å². The first-order valence-corrected chi connectivity index (χ1v) is 9.34. The zero-order valence-electron chi connectivity index (χ0n) is 14.4. The first kappa shape index (κ1) is 17.0. The zero-order valence-corrected chi connectivity index (χ0v) is 14.4. The summed E-state index contributed by atoms with van der Waals surface area (Å²) >= 11 is 0. The normalized spacial score (nSPS) is 20.5. The summed E-state index contributed by atoms with van der Waals surface area (Å²) in [5, 5.41) is 5.80. The Labute approximate surface area is 144 Å². The molecule has 0 aliphatic heterocycles. The molecule has 4 heteroatoms. The summed E-state index contributed by atoms with van der Waals surface area (Å²) in [7, 11) is 0. The van der Waals surface area contributed by atoms with E-state index in [1.165, 1.54) is 24.8 Å². The van der Waals surface area contributed by atoms with Crippen molar-refractivity contribution in [1.29, 1.82) is 0 Å². The predicted octanol–water partition coefficient (Wildman–Crippen LogP) is 3.06. The molecule has 0 spiro atoms. The maximum atomic E-state index is 12.2. The second kappa shape index (κ2) is 7.82. The maximum absolute atomic E-state index is 12.2. The Morgan fingerprint density at radius 1 is 0.917 bits per heavy atom. The van der Waals surface area contributed by atoms with Gasteiger partial charge in [0, 0.05) is 18.0 Å².